The molecule has 0 saturated carbocycles. The third kappa shape index (κ3) is 6.92. The molecule has 5 atom stereocenters. The van der Waals surface area contributed by atoms with Crippen molar-refractivity contribution in [1.82, 2.24) is 0 Å². The zero-order valence-corrected chi connectivity index (χ0v) is 17.7. The molecule has 8 nitrogen and oxygen atoms in total. The van der Waals surface area contributed by atoms with Crippen molar-refractivity contribution in [2.24, 2.45) is 0 Å². The van der Waals surface area contributed by atoms with Crippen molar-refractivity contribution in [1.29, 1.82) is 0 Å². The van der Waals surface area contributed by atoms with Crippen LogP contribution in [0, 0.1) is 0 Å². The van der Waals surface area contributed by atoms with Crippen LogP contribution in [-0.4, -0.2) is 72.3 Å². The Kier molecular flexibility index (Phi) is 10.5. The van der Waals surface area contributed by atoms with Crippen molar-refractivity contribution in [2.75, 3.05) is 20.3 Å². The summed E-state index contributed by atoms with van der Waals surface area (Å²) in [6.45, 7) is 2.03. The molecule has 170 valence electrons. The molecule has 0 unspecified atom stereocenters. The van der Waals surface area contributed by atoms with Gasteiger partial charge < -0.3 is 34.3 Å². The summed E-state index contributed by atoms with van der Waals surface area (Å²) in [5.74, 6) is -0.121. The minimum atomic E-state index is -1.45. The van der Waals surface area contributed by atoms with E-state index in [0.717, 1.165) is 19.3 Å². The summed E-state index contributed by atoms with van der Waals surface area (Å²) in [6, 6.07) is 6.26. The van der Waals surface area contributed by atoms with Gasteiger partial charge in [-0.1, -0.05) is 39.0 Å². The first-order valence-corrected chi connectivity index (χ1v) is 10.6. The number of aliphatic hydroxyl groups excluding tert-OH is 3. The number of rotatable bonds is 12. The third-order valence-corrected chi connectivity index (χ3v) is 5.17. The van der Waals surface area contributed by atoms with Crippen LogP contribution in [0.15, 0.2) is 24.3 Å². The number of unbranched alkanes of at least 4 members (excludes halogenated alkanes) is 5. The molecule has 1 heterocycles. The van der Waals surface area contributed by atoms with Crippen LogP contribution >= 0.6 is 0 Å². The maximum absolute atomic E-state index is 12.4. The standard InChI is InChI=1S/C22H34O8/c1-3-4-5-6-7-8-13-28-22-19(25)18(24)20(17(14-23)29-22)30-21(26)15-9-11-16(27-2)12-10-15/h9-12,17-20,22-25H,3-8,13-14H2,1-2H3/t17-,18-,19-,20-,22-/m1/s1. The van der Waals surface area contributed by atoms with E-state index < -0.39 is 43.3 Å². The van der Waals surface area contributed by atoms with Gasteiger partial charge in [-0.3, -0.25) is 0 Å². The fourth-order valence-electron chi connectivity index (χ4n) is 3.34. The molecule has 0 aromatic heterocycles. The highest BCUT2D eigenvalue weighted by Gasteiger charge is 2.47. The van der Waals surface area contributed by atoms with Crippen LogP contribution in [0.4, 0.5) is 0 Å². The molecule has 1 saturated heterocycles. The number of benzene rings is 1. The molecule has 8 heteroatoms. The predicted molar refractivity (Wildman–Crippen MR) is 109 cm³/mol. The molecule has 1 aromatic rings. The lowest BCUT2D eigenvalue weighted by Crippen LogP contribution is -2.60. The second kappa shape index (κ2) is 12.9. The Morgan fingerprint density at radius 3 is 2.33 bits per heavy atom. The SMILES string of the molecule is CCCCCCCCO[C@@H]1O[C@H](CO)[C@@H](OC(=O)c2ccc(OC)cc2)[C@H](O)[C@H]1O. The van der Waals surface area contributed by atoms with Crippen LogP contribution in [-0.2, 0) is 14.2 Å². The van der Waals surface area contributed by atoms with Crippen LogP contribution < -0.4 is 4.74 Å². The third-order valence-electron chi connectivity index (χ3n) is 5.17. The van der Waals surface area contributed by atoms with Crippen LogP contribution in [0.5, 0.6) is 5.75 Å². The molecule has 0 bridgehead atoms. The summed E-state index contributed by atoms with van der Waals surface area (Å²) >= 11 is 0. The first-order valence-electron chi connectivity index (χ1n) is 10.6. The molecule has 1 aliphatic rings. The van der Waals surface area contributed by atoms with Crippen molar-refractivity contribution in [3.8, 4) is 5.75 Å². The summed E-state index contributed by atoms with van der Waals surface area (Å²) in [7, 11) is 1.52. The van der Waals surface area contributed by atoms with Crippen molar-refractivity contribution >= 4 is 5.97 Å². The van der Waals surface area contributed by atoms with E-state index >= 15 is 0 Å². The fourth-order valence-corrected chi connectivity index (χ4v) is 3.34. The van der Waals surface area contributed by atoms with E-state index in [1.54, 1.807) is 12.1 Å². The summed E-state index contributed by atoms with van der Waals surface area (Å²) in [4.78, 5) is 12.4. The molecule has 0 amide bonds. The van der Waals surface area contributed by atoms with Crippen LogP contribution in [0.25, 0.3) is 0 Å². The second-order valence-electron chi connectivity index (χ2n) is 7.44. The molecule has 2 rings (SSSR count). The van der Waals surface area contributed by atoms with Gasteiger partial charge in [0.2, 0.25) is 0 Å². The number of carbonyl (C=O) groups excluding carboxylic acids is 1. The molecule has 30 heavy (non-hydrogen) atoms. The van der Waals surface area contributed by atoms with Crippen molar-refractivity contribution in [3.05, 3.63) is 29.8 Å². The van der Waals surface area contributed by atoms with Crippen LogP contribution in [0.3, 0.4) is 0 Å². The Morgan fingerprint density at radius 2 is 1.70 bits per heavy atom. The highest BCUT2D eigenvalue weighted by atomic mass is 16.7. The maximum atomic E-state index is 12.4. The number of ether oxygens (including phenoxy) is 4. The highest BCUT2D eigenvalue weighted by molar-refractivity contribution is 5.89. The van der Waals surface area contributed by atoms with E-state index in [1.165, 1.54) is 38.5 Å². The summed E-state index contributed by atoms with van der Waals surface area (Å²) < 4.78 is 21.5. The van der Waals surface area contributed by atoms with Crippen molar-refractivity contribution < 1.29 is 39.1 Å². The Labute approximate surface area is 177 Å². The first-order chi connectivity index (χ1) is 14.5. The fraction of sp³-hybridized carbons (Fsp3) is 0.682. The van der Waals surface area contributed by atoms with Gasteiger partial charge >= 0.3 is 5.97 Å². The Balaban J connectivity index is 1.87. The average molecular weight is 427 g/mol. The Bertz CT molecular complexity index is 618. The molecule has 0 radical (unpaired) electrons. The Morgan fingerprint density at radius 1 is 1.03 bits per heavy atom. The van der Waals surface area contributed by atoms with E-state index in [2.05, 4.69) is 6.92 Å². The lowest BCUT2D eigenvalue weighted by atomic mass is 9.99. The molecule has 0 aliphatic carbocycles. The summed E-state index contributed by atoms with van der Waals surface area (Å²) in [6.07, 6.45) is 0.340. The topological polar surface area (TPSA) is 115 Å². The van der Waals surface area contributed by atoms with Gasteiger partial charge in [0.05, 0.1) is 19.3 Å². The molecule has 1 fully saturated rings. The largest absolute Gasteiger partial charge is 0.497 e. The molecule has 0 spiro atoms. The zero-order valence-electron chi connectivity index (χ0n) is 17.7. The zero-order chi connectivity index (χ0) is 21.9. The molecular weight excluding hydrogens is 392 g/mol. The number of esters is 1. The highest BCUT2D eigenvalue weighted by Crippen LogP contribution is 2.26. The van der Waals surface area contributed by atoms with Gasteiger partial charge in [-0.2, -0.15) is 0 Å². The van der Waals surface area contributed by atoms with Gasteiger partial charge in [0.1, 0.15) is 24.1 Å². The summed E-state index contributed by atoms with van der Waals surface area (Å²) in [5, 5.41) is 30.5. The average Bonchev–Trinajstić information content (AvgIpc) is 2.77. The van der Waals surface area contributed by atoms with E-state index in [-0.39, 0.29) is 5.56 Å². The number of methoxy groups -OCH3 is 1. The molecule has 3 N–H and O–H groups in total. The predicted octanol–water partition coefficient (Wildman–Crippen LogP) is 2.04. The molecular formula is C22H34O8. The van der Waals surface area contributed by atoms with Crippen LogP contribution in [0.2, 0.25) is 0 Å². The lowest BCUT2D eigenvalue weighted by Gasteiger charge is -2.41. The normalized spacial score (nSPS) is 26.4. The maximum Gasteiger partial charge on any atom is 0.338 e. The smallest absolute Gasteiger partial charge is 0.338 e. The minimum Gasteiger partial charge on any atom is -0.497 e. The second-order valence-corrected chi connectivity index (χ2v) is 7.44. The molecule has 1 aromatic carbocycles. The lowest BCUT2D eigenvalue weighted by molar-refractivity contribution is -0.300. The van der Waals surface area contributed by atoms with E-state index in [9.17, 15) is 20.1 Å². The van der Waals surface area contributed by atoms with Gasteiger partial charge in [-0.05, 0) is 30.7 Å². The number of carbonyl (C=O) groups is 1. The first kappa shape index (κ1) is 24.6. The van der Waals surface area contributed by atoms with Gasteiger partial charge in [-0.15, -0.1) is 0 Å². The van der Waals surface area contributed by atoms with Gasteiger partial charge in [0.25, 0.3) is 0 Å². The number of aliphatic hydroxyl groups is 3. The summed E-state index contributed by atoms with van der Waals surface area (Å²) in [5.41, 5.74) is 0.246. The molecule has 1 aliphatic heterocycles. The van der Waals surface area contributed by atoms with Gasteiger partial charge in [0, 0.05) is 6.61 Å². The minimum absolute atomic E-state index is 0.246. The monoisotopic (exact) mass is 426 g/mol. The van der Waals surface area contributed by atoms with Crippen LogP contribution in [0.1, 0.15) is 55.8 Å². The van der Waals surface area contributed by atoms with E-state index in [1.807, 2.05) is 0 Å². The van der Waals surface area contributed by atoms with E-state index in [0.29, 0.717) is 12.4 Å². The van der Waals surface area contributed by atoms with Gasteiger partial charge in [-0.25, -0.2) is 4.79 Å². The van der Waals surface area contributed by atoms with Crippen molar-refractivity contribution in [2.45, 2.75) is 76.2 Å². The Hall–Kier alpha value is -1.71. The van der Waals surface area contributed by atoms with Crippen molar-refractivity contribution in [3.63, 3.8) is 0 Å². The quantitative estimate of drug-likeness (QED) is 0.344. The number of hydrogen-bond donors (Lipinski definition) is 3. The van der Waals surface area contributed by atoms with Gasteiger partial charge in [0.15, 0.2) is 12.4 Å². The number of hydrogen-bond acceptors (Lipinski definition) is 8. The van der Waals surface area contributed by atoms with E-state index in [4.69, 9.17) is 18.9 Å².